The van der Waals surface area contributed by atoms with Gasteiger partial charge in [-0.05, 0) is 52.2 Å². The summed E-state index contributed by atoms with van der Waals surface area (Å²) in [6, 6.07) is 10.1. The highest BCUT2D eigenvalue weighted by Crippen LogP contribution is 2.39. The molecule has 2 rings (SSSR count). The Balaban J connectivity index is 2.31. The summed E-state index contributed by atoms with van der Waals surface area (Å²) < 4.78 is 1.20. The fraction of sp³-hybridized carbons (Fsp3) is 0.167. The summed E-state index contributed by atoms with van der Waals surface area (Å²) in [5.41, 5.74) is 2.50. The molecule has 4 heteroatoms. The third-order valence-corrected chi connectivity index (χ3v) is 6.07. The van der Waals surface area contributed by atoms with Crippen molar-refractivity contribution in [2.75, 3.05) is 0 Å². The highest BCUT2D eigenvalue weighted by molar-refractivity contribution is 9.11. The van der Waals surface area contributed by atoms with Crippen molar-refractivity contribution in [1.82, 2.24) is 0 Å². The maximum absolute atomic E-state index is 5.87. The molecule has 1 atom stereocenters. The molecule has 0 N–H and O–H groups in total. The van der Waals surface area contributed by atoms with E-state index < -0.39 is 0 Å². The lowest BCUT2D eigenvalue weighted by atomic mass is 10.1. The summed E-state index contributed by atoms with van der Waals surface area (Å²) in [4.78, 5) is 1.53. The SMILES string of the molecule is Cc1cc(C(Br)c2ccc(Cl)cc2)sc1Br. The molecule has 1 aromatic heterocycles. The van der Waals surface area contributed by atoms with Gasteiger partial charge in [-0.3, -0.25) is 0 Å². The van der Waals surface area contributed by atoms with Gasteiger partial charge in [-0.2, -0.15) is 0 Å². The van der Waals surface area contributed by atoms with Crippen molar-refractivity contribution in [3.05, 3.63) is 55.1 Å². The second kappa shape index (κ2) is 5.21. The average molecular weight is 381 g/mol. The molecule has 0 saturated carbocycles. The lowest BCUT2D eigenvalue weighted by Gasteiger charge is -2.07. The molecule has 1 unspecified atom stereocenters. The normalized spacial score (nSPS) is 12.8. The Morgan fingerprint density at radius 3 is 2.38 bits per heavy atom. The first kappa shape index (κ1) is 12.6. The van der Waals surface area contributed by atoms with Crippen LogP contribution in [0.25, 0.3) is 0 Å². The van der Waals surface area contributed by atoms with Gasteiger partial charge in [0.2, 0.25) is 0 Å². The highest BCUT2D eigenvalue weighted by Gasteiger charge is 2.14. The number of thiophene rings is 1. The molecule has 0 fully saturated rings. The van der Waals surface area contributed by atoms with Gasteiger partial charge in [0.25, 0.3) is 0 Å². The summed E-state index contributed by atoms with van der Waals surface area (Å²) in [7, 11) is 0. The zero-order chi connectivity index (χ0) is 11.7. The van der Waals surface area contributed by atoms with Crippen molar-refractivity contribution in [3.63, 3.8) is 0 Å². The van der Waals surface area contributed by atoms with E-state index in [4.69, 9.17) is 11.6 Å². The Bertz CT molecular complexity index is 471. The lowest BCUT2D eigenvalue weighted by Crippen LogP contribution is -1.88. The summed E-state index contributed by atoms with van der Waals surface area (Å²) in [6.45, 7) is 2.10. The highest BCUT2D eigenvalue weighted by atomic mass is 79.9. The van der Waals surface area contributed by atoms with Crippen molar-refractivity contribution in [2.24, 2.45) is 0 Å². The molecule has 0 aliphatic carbocycles. The first-order valence-corrected chi connectivity index (χ1v) is 7.63. The third-order valence-electron chi connectivity index (χ3n) is 2.29. The van der Waals surface area contributed by atoms with Gasteiger partial charge in [-0.1, -0.05) is 39.7 Å². The van der Waals surface area contributed by atoms with Crippen LogP contribution in [-0.4, -0.2) is 0 Å². The predicted octanol–water partition coefficient (Wildman–Crippen LogP) is 5.96. The van der Waals surface area contributed by atoms with Crippen LogP contribution in [0.2, 0.25) is 5.02 Å². The Kier molecular flexibility index (Phi) is 4.11. The molecule has 0 aliphatic rings. The van der Waals surface area contributed by atoms with E-state index in [-0.39, 0.29) is 4.83 Å². The van der Waals surface area contributed by atoms with Gasteiger partial charge >= 0.3 is 0 Å². The Hall–Kier alpha value is 0.170. The van der Waals surface area contributed by atoms with Crippen LogP contribution < -0.4 is 0 Å². The first-order valence-electron chi connectivity index (χ1n) is 4.73. The van der Waals surface area contributed by atoms with E-state index in [0.29, 0.717) is 0 Å². The lowest BCUT2D eigenvalue weighted by molar-refractivity contribution is 1.22. The summed E-state index contributed by atoms with van der Waals surface area (Å²) in [6.07, 6.45) is 0. The van der Waals surface area contributed by atoms with E-state index in [0.717, 1.165) is 5.02 Å². The van der Waals surface area contributed by atoms with Crippen molar-refractivity contribution < 1.29 is 0 Å². The van der Waals surface area contributed by atoms with Gasteiger partial charge in [0, 0.05) is 9.90 Å². The Morgan fingerprint density at radius 2 is 1.88 bits per heavy atom. The molecule has 0 amide bonds. The van der Waals surface area contributed by atoms with Crippen LogP contribution in [0.3, 0.4) is 0 Å². The molecule has 84 valence electrons. The van der Waals surface area contributed by atoms with E-state index in [1.54, 1.807) is 11.3 Å². The summed E-state index contributed by atoms with van der Waals surface area (Å²) >= 11 is 14.9. The number of hydrogen-bond donors (Lipinski definition) is 0. The monoisotopic (exact) mass is 378 g/mol. The molecule has 0 bridgehead atoms. The van der Waals surface area contributed by atoms with Crippen LogP contribution in [-0.2, 0) is 0 Å². The van der Waals surface area contributed by atoms with Crippen LogP contribution in [0, 0.1) is 6.92 Å². The summed E-state index contributed by atoms with van der Waals surface area (Å²) in [5, 5.41) is 0.770. The number of halogens is 3. The Morgan fingerprint density at radius 1 is 1.25 bits per heavy atom. The van der Waals surface area contributed by atoms with Crippen LogP contribution in [0.1, 0.15) is 20.8 Å². The van der Waals surface area contributed by atoms with Gasteiger partial charge in [0.05, 0.1) is 8.61 Å². The van der Waals surface area contributed by atoms with E-state index >= 15 is 0 Å². The van der Waals surface area contributed by atoms with E-state index in [1.807, 2.05) is 24.3 Å². The molecular weight excluding hydrogens is 371 g/mol. The van der Waals surface area contributed by atoms with Crippen LogP contribution in [0.4, 0.5) is 0 Å². The number of aryl methyl sites for hydroxylation is 1. The van der Waals surface area contributed by atoms with Gasteiger partial charge in [-0.15, -0.1) is 11.3 Å². The van der Waals surface area contributed by atoms with Crippen molar-refractivity contribution in [1.29, 1.82) is 0 Å². The zero-order valence-electron chi connectivity index (χ0n) is 8.51. The molecular formula is C12H9Br2ClS. The van der Waals surface area contributed by atoms with Gasteiger partial charge in [0.15, 0.2) is 0 Å². The molecule has 16 heavy (non-hydrogen) atoms. The first-order chi connectivity index (χ1) is 7.58. The molecule has 0 radical (unpaired) electrons. The quantitative estimate of drug-likeness (QED) is 0.564. The minimum absolute atomic E-state index is 0.236. The van der Waals surface area contributed by atoms with Crippen molar-refractivity contribution in [2.45, 2.75) is 11.8 Å². The maximum atomic E-state index is 5.87. The van der Waals surface area contributed by atoms with E-state index in [2.05, 4.69) is 44.8 Å². The zero-order valence-corrected chi connectivity index (χ0v) is 13.3. The van der Waals surface area contributed by atoms with E-state index in [1.165, 1.54) is 19.8 Å². The molecule has 0 saturated heterocycles. The number of rotatable bonds is 2. The van der Waals surface area contributed by atoms with Gasteiger partial charge < -0.3 is 0 Å². The molecule has 1 heterocycles. The minimum atomic E-state index is 0.236. The molecule has 0 aliphatic heterocycles. The number of benzene rings is 1. The Labute approximate surface area is 121 Å². The maximum Gasteiger partial charge on any atom is 0.0738 e. The molecule has 2 aromatic rings. The number of hydrogen-bond acceptors (Lipinski definition) is 1. The second-order valence-electron chi connectivity index (χ2n) is 3.52. The minimum Gasteiger partial charge on any atom is -0.131 e. The number of alkyl halides is 1. The predicted molar refractivity (Wildman–Crippen MR) is 79.0 cm³/mol. The van der Waals surface area contributed by atoms with Gasteiger partial charge in [-0.25, -0.2) is 0 Å². The molecule has 0 spiro atoms. The second-order valence-corrected chi connectivity index (χ2v) is 7.27. The average Bonchev–Trinajstić information content (AvgIpc) is 2.59. The topological polar surface area (TPSA) is 0 Å². The van der Waals surface area contributed by atoms with Crippen LogP contribution in [0.5, 0.6) is 0 Å². The van der Waals surface area contributed by atoms with Crippen molar-refractivity contribution in [3.8, 4) is 0 Å². The smallest absolute Gasteiger partial charge is 0.0738 e. The standard InChI is InChI=1S/C12H9Br2ClS/c1-7-6-10(16-12(7)14)11(13)8-2-4-9(15)5-3-8/h2-6,11H,1H3. The largest absolute Gasteiger partial charge is 0.131 e. The fourth-order valence-corrected chi connectivity index (χ4v) is 3.83. The van der Waals surface area contributed by atoms with Gasteiger partial charge in [0.1, 0.15) is 0 Å². The van der Waals surface area contributed by atoms with Crippen LogP contribution in [0.15, 0.2) is 34.1 Å². The van der Waals surface area contributed by atoms with E-state index in [9.17, 15) is 0 Å². The molecule has 1 aromatic carbocycles. The summed E-state index contributed by atoms with van der Waals surface area (Å²) in [5.74, 6) is 0. The van der Waals surface area contributed by atoms with Crippen molar-refractivity contribution >= 4 is 54.8 Å². The fourth-order valence-electron chi connectivity index (χ4n) is 1.40. The third kappa shape index (κ3) is 2.70. The molecule has 0 nitrogen and oxygen atoms in total. The van der Waals surface area contributed by atoms with Crippen LogP contribution >= 0.6 is 54.8 Å².